The predicted molar refractivity (Wildman–Crippen MR) is 449 cm³/mol. The zero-order chi connectivity index (χ0) is 86.7. The number of thioether (sulfide) groups is 4. The number of hydrogen-bond donors (Lipinski definition) is 20. The van der Waals surface area contributed by atoms with E-state index in [1.807, 2.05) is 0 Å². The molecule has 9 aliphatic heterocycles. The first-order valence-electron chi connectivity index (χ1n) is 42.2. The summed E-state index contributed by atoms with van der Waals surface area (Å²) in [7, 11) is 0. The van der Waals surface area contributed by atoms with Crippen molar-refractivity contribution in [2.24, 2.45) is 0 Å². The molecule has 9 rings (SSSR count). The Morgan fingerprint density at radius 3 is 0.683 bits per heavy atom. The van der Waals surface area contributed by atoms with Gasteiger partial charge < -0.3 is 105 Å². The molecule has 9 aliphatic rings. The van der Waals surface area contributed by atoms with Crippen LogP contribution in [0.5, 0.6) is 0 Å². The van der Waals surface area contributed by atoms with Gasteiger partial charge in [0.05, 0.1) is 48.3 Å². The number of amides is 16. The van der Waals surface area contributed by atoms with E-state index in [2.05, 4.69) is 85.1 Å². The fourth-order valence-electron chi connectivity index (χ4n) is 17.1. The number of aliphatic carboxylic acids is 4. The third-order valence-electron chi connectivity index (χ3n) is 23.5. The molecule has 20 N–H and O–H groups in total. The number of carboxylic acid groups (broad SMARTS) is 4. The van der Waals surface area contributed by atoms with Crippen LogP contribution in [0, 0.1) is 0 Å². The van der Waals surface area contributed by atoms with Crippen molar-refractivity contribution >= 4 is 142 Å². The Bertz CT molecular complexity index is 3140. The fourth-order valence-corrected chi connectivity index (χ4v) is 23.3. The van der Waals surface area contributed by atoms with E-state index >= 15 is 0 Å². The van der Waals surface area contributed by atoms with Crippen LogP contribution in [-0.4, -0.2) is 355 Å². The molecule has 20 unspecified atom stereocenters. The second-order valence-electron chi connectivity index (χ2n) is 32.9. The van der Waals surface area contributed by atoms with Crippen LogP contribution in [0.4, 0.5) is 19.2 Å². The molecule has 0 aliphatic carbocycles. The average molecular weight is 1770 g/mol. The van der Waals surface area contributed by atoms with Gasteiger partial charge in [-0.2, -0.15) is 47.0 Å². The maximum atomic E-state index is 13.8. The molecule has 0 saturated carbocycles. The molecule has 20 atom stereocenters. The molecule has 16 amide bonds. The second kappa shape index (κ2) is 47.6. The number of fused-ring (bicyclic) bond motifs is 4. The third kappa shape index (κ3) is 30.2. The highest BCUT2D eigenvalue weighted by atomic mass is 32.2. The van der Waals surface area contributed by atoms with Gasteiger partial charge in [0.25, 0.3) is 0 Å². The van der Waals surface area contributed by atoms with Gasteiger partial charge in [0.15, 0.2) is 0 Å². The van der Waals surface area contributed by atoms with Gasteiger partial charge in [0, 0.05) is 198 Å². The smallest absolute Gasteiger partial charge is 0.322 e. The minimum absolute atomic E-state index is 0.0151. The van der Waals surface area contributed by atoms with Crippen LogP contribution < -0.4 is 85.1 Å². The monoisotopic (exact) mass is 1760 g/mol. The highest BCUT2D eigenvalue weighted by Gasteiger charge is 2.47. The normalized spacial score (nSPS) is 26.8. The van der Waals surface area contributed by atoms with Crippen LogP contribution in [0.2, 0.25) is 0 Å². The first-order chi connectivity index (χ1) is 57.3. The molecular formula is C76H124N20O20S4. The maximum absolute atomic E-state index is 13.8. The minimum atomic E-state index is -1.60. The lowest BCUT2D eigenvalue weighted by atomic mass is 10.0. The maximum Gasteiger partial charge on any atom is 0.322 e. The van der Waals surface area contributed by atoms with E-state index < -0.39 is 122 Å². The van der Waals surface area contributed by atoms with E-state index in [9.17, 15) is 97.1 Å². The Labute approximate surface area is 715 Å². The Kier molecular flexibility index (Phi) is 38.0. The summed E-state index contributed by atoms with van der Waals surface area (Å²) in [5, 5.41) is 90.8. The second-order valence-corrected chi connectivity index (χ2v) is 38.0. The highest BCUT2D eigenvalue weighted by Crippen LogP contribution is 2.37. The Morgan fingerprint density at radius 1 is 0.308 bits per heavy atom. The lowest BCUT2D eigenvalue weighted by Gasteiger charge is -2.40. The molecule has 0 aromatic heterocycles. The van der Waals surface area contributed by atoms with Gasteiger partial charge in [-0.1, -0.05) is 25.7 Å². The molecule has 0 radical (unpaired) electrons. The summed E-state index contributed by atoms with van der Waals surface area (Å²) in [6.07, 6.45) is 7.74. The predicted octanol–water partition coefficient (Wildman–Crippen LogP) is -2.03. The number of hydrogen-bond acceptors (Lipinski definition) is 24. The van der Waals surface area contributed by atoms with Crippen molar-refractivity contribution in [3.63, 3.8) is 0 Å². The van der Waals surface area contributed by atoms with Crippen molar-refractivity contribution in [2.45, 2.75) is 274 Å². The first kappa shape index (κ1) is 95.8. The number of carboxylic acids is 4. The van der Waals surface area contributed by atoms with Crippen LogP contribution in [0.3, 0.4) is 0 Å². The van der Waals surface area contributed by atoms with Gasteiger partial charge in [-0.3, -0.25) is 77.1 Å². The Morgan fingerprint density at radius 2 is 0.500 bits per heavy atom. The highest BCUT2D eigenvalue weighted by molar-refractivity contribution is 8.01. The minimum Gasteiger partial charge on any atom is -0.480 e. The molecule has 120 heavy (non-hydrogen) atoms. The quantitative estimate of drug-likeness (QED) is 0.0231. The van der Waals surface area contributed by atoms with Crippen molar-refractivity contribution in [3.8, 4) is 0 Å². The fraction of sp³-hybridized carbons (Fsp3) is 0.789. The molecule has 672 valence electrons. The molecule has 9 fully saturated rings. The molecule has 0 aromatic rings. The zero-order valence-corrected chi connectivity index (χ0v) is 72.0. The van der Waals surface area contributed by atoms with Gasteiger partial charge in [-0.15, -0.1) is 0 Å². The molecule has 0 aromatic carbocycles. The van der Waals surface area contributed by atoms with Crippen molar-refractivity contribution < 1.29 is 97.1 Å². The number of carbonyl (C=O) groups excluding carboxylic acids is 12. The number of carbonyl (C=O) groups is 16. The Hall–Kier alpha value is -8.04. The van der Waals surface area contributed by atoms with Crippen LogP contribution in [-0.2, 0) is 57.5 Å². The van der Waals surface area contributed by atoms with Crippen LogP contribution in [0.15, 0.2) is 0 Å². The molecule has 9 heterocycles. The van der Waals surface area contributed by atoms with Gasteiger partial charge in [-0.25, -0.2) is 19.2 Å². The van der Waals surface area contributed by atoms with Gasteiger partial charge in [-0.05, 0) is 79.1 Å². The zero-order valence-electron chi connectivity index (χ0n) is 68.7. The van der Waals surface area contributed by atoms with Gasteiger partial charge >= 0.3 is 48.0 Å². The summed E-state index contributed by atoms with van der Waals surface area (Å²) < 4.78 is 0. The molecular weight excluding hydrogens is 1640 g/mol. The summed E-state index contributed by atoms with van der Waals surface area (Å²) in [6, 6.07) is -9.71. The van der Waals surface area contributed by atoms with Crippen molar-refractivity contribution in [1.82, 2.24) is 105 Å². The third-order valence-corrected chi connectivity index (χ3v) is 29.5. The van der Waals surface area contributed by atoms with E-state index in [4.69, 9.17) is 0 Å². The van der Waals surface area contributed by atoms with Crippen molar-refractivity contribution in [1.29, 1.82) is 0 Å². The lowest BCUT2D eigenvalue weighted by molar-refractivity contribution is -0.148. The Balaban J connectivity index is 0.869. The number of nitrogens with zero attached hydrogens (tertiary/aromatic N) is 4. The van der Waals surface area contributed by atoms with E-state index in [0.29, 0.717) is 51.4 Å². The summed E-state index contributed by atoms with van der Waals surface area (Å²) in [4.78, 5) is 216. The van der Waals surface area contributed by atoms with Crippen LogP contribution in [0.1, 0.15) is 156 Å². The molecule has 44 heteroatoms. The van der Waals surface area contributed by atoms with Crippen molar-refractivity contribution in [3.05, 3.63) is 0 Å². The van der Waals surface area contributed by atoms with Gasteiger partial charge in [0.2, 0.25) is 47.3 Å². The molecule has 40 nitrogen and oxygen atoms in total. The number of rotatable bonds is 48. The molecule has 9 saturated heterocycles. The number of urea groups is 4. The lowest BCUT2D eigenvalue weighted by Crippen LogP contribution is -2.60. The molecule has 0 spiro atoms. The largest absolute Gasteiger partial charge is 0.480 e. The van der Waals surface area contributed by atoms with Gasteiger partial charge in [0.1, 0.15) is 24.2 Å². The average Bonchev–Trinajstić information content (AvgIpc) is 1.68. The summed E-state index contributed by atoms with van der Waals surface area (Å²) in [5.41, 5.74) is 0. The summed E-state index contributed by atoms with van der Waals surface area (Å²) in [6.45, 7) is 1.64. The van der Waals surface area contributed by atoms with Crippen LogP contribution in [0.25, 0.3) is 0 Å². The number of nitrogens with one attached hydrogen (secondary N) is 16. The summed E-state index contributed by atoms with van der Waals surface area (Å²) >= 11 is 7.05. The van der Waals surface area contributed by atoms with E-state index in [0.717, 1.165) is 48.7 Å². The number of unbranched alkanes of at least 4 members (excludes halogenated alkanes) is 4. The topological polar surface area (TPSA) is 559 Å². The van der Waals surface area contributed by atoms with Crippen molar-refractivity contribution in [2.75, 3.05) is 102 Å². The SMILES string of the molecule is CC(CC(=O)NCC(C(=O)O)N1CCN(C(CNC(=O)CC(C)NC(=O)CCCCC2SCC3NC(=O)NC32)C(=O)O)CCN(C(CNC(=O)CC(C)NC(=O)CCCCC2SCC3NC(=O)NC32)C(=O)O)CCN(C(CNC(=O)CC(C)NC(=O)CCCCC2SCC3NC(=O)NC32)C(=O)O)CC1)NC(=O)CCCCC1SCC2NC(=O)NC21. The molecule has 0 bridgehead atoms. The summed E-state index contributed by atoms with van der Waals surface area (Å²) in [5.74, 6) is -6.46. The van der Waals surface area contributed by atoms with E-state index in [1.54, 1.807) is 74.7 Å². The van der Waals surface area contributed by atoms with E-state index in [1.165, 1.54) is 19.6 Å². The first-order valence-corrected chi connectivity index (χ1v) is 46.4. The van der Waals surface area contributed by atoms with Crippen LogP contribution >= 0.6 is 47.0 Å². The van der Waals surface area contributed by atoms with E-state index in [-0.39, 0.29) is 221 Å². The standard InChI is InChI=1S/C76H124N20O20S4/c1-41(81-57(97)17-9-5-13-53-65-45(37-117-53)85-73(113)89-65)29-61(101)77-33-49(69(105)106)93-21-23-94(50(70(107)108)34-78-62(102)30-42(2)82-58(98)18-10-6-14-54-66-46(38-118-54)86-74(114)90-66)25-27-96(52(72(111)112)36-80-64(104)32-44(4)84-60(100)20-12-8-16-56-68-48(40-120-56)88-76(116)92-68)28-26-95(24-22-93)51(71(109)110)35-79-63(103)31-43(3)83-59(99)19-11-7-15-55-67-47(39-119-55)87-75(115)91-67/h41-56,65-68H,5-40H2,1-4H3,(H,77,101)(H,78,102)(H,79,103)(H,80,104)(H,81,97)(H,82,98)(H,83,99)(H,84,100)(H,105,106)(H,107,108)(H,109,110)(H,111,112)(H2,85,89,113)(H2,86,90,114)(H2,87,91,115)(H2,88,92,116).